The Morgan fingerprint density at radius 1 is 1.07 bits per heavy atom. The summed E-state index contributed by atoms with van der Waals surface area (Å²) in [7, 11) is 0. The molecule has 0 saturated heterocycles. The standard InChI is InChI=1S/C19H19N5O3/c25-24(26)17-18(23-14-8-2-1-3-9-14)21-12-22-19(17)27-15-10-4-6-13-7-5-11-20-16(13)15/h4-7,10-12,14H,1-3,8-9H2,(H,21,22,23). The van der Waals surface area contributed by atoms with Gasteiger partial charge in [-0.25, -0.2) is 4.98 Å². The zero-order valence-corrected chi connectivity index (χ0v) is 14.7. The number of pyridine rings is 1. The Hall–Kier alpha value is -3.29. The molecule has 1 saturated carbocycles. The van der Waals surface area contributed by atoms with Crippen LogP contribution in [0, 0.1) is 10.1 Å². The molecule has 1 aromatic carbocycles. The van der Waals surface area contributed by atoms with E-state index in [2.05, 4.69) is 20.3 Å². The van der Waals surface area contributed by atoms with Gasteiger partial charge >= 0.3 is 11.6 Å². The Kier molecular flexibility index (Phi) is 4.78. The van der Waals surface area contributed by atoms with E-state index in [4.69, 9.17) is 4.74 Å². The van der Waals surface area contributed by atoms with Gasteiger partial charge in [0.25, 0.3) is 0 Å². The fraction of sp³-hybridized carbons (Fsp3) is 0.316. The fourth-order valence-electron chi connectivity index (χ4n) is 3.41. The average molecular weight is 365 g/mol. The van der Waals surface area contributed by atoms with Crippen LogP contribution in [0.4, 0.5) is 11.5 Å². The summed E-state index contributed by atoms with van der Waals surface area (Å²) in [5.74, 6) is 0.523. The lowest BCUT2D eigenvalue weighted by Crippen LogP contribution is -2.23. The minimum absolute atomic E-state index is 0.0912. The van der Waals surface area contributed by atoms with Gasteiger partial charge in [0.2, 0.25) is 5.82 Å². The van der Waals surface area contributed by atoms with Crippen molar-refractivity contribution >= 4 is 22.4 Å². The number of nitrogens with zero attached hydrogens (tertiary/aromatic N) is 4. The van der Waals surface area contributed by atoms with Gasteiger partial charge in [-0.1, -0.05) is 37.5 Å². The van der Waals surface area contributed by atoms with Gasteiger partial charge in [-0.15, -0.1) is 0 Å². The maximum Gasteiger partial charge on any atom is 0.373 e. The Morgan fingerprint density at radius 2 is 1.89 bits per heavy atom. The number of hydrogen-bond acceptors (Lipinski definition) is 7. The lowest BCUT2D eigenvalue weighted by molar-refractivity contribution is -0.385. The molecule has 0 unspecified atom stereocenters. The summed E-state index contributed by atoms with van der Waals surface area (Å²) < 4.78 is 5.82. The highest BCUT2D eigenvalue weighted by Gasteiger charge is 2.27. The number of ether oxygens (including phenoxy) is 1. The number of fused-ring (bicyclic) bond motifs is 1. The van der Waals surface area contributed by atoms with Gasteiger partial charge in [-0.3, -0.25) is 15.1 Å². The molecule has 0 radical (unpaired) electrons. The predicted molar refractivity (Wildman–Crippen MR) is 101 cm³/mol. The number of hydrogen-bond donors (Lipinski definition) is 1. The quantitative estimate of drug-likeness (QED) is 0.525. The number of anilines is 1. The maximum absolute atomic E-state index is 11.7. The lowest BCUT2D eigenvalue weighted by atomic mass is 9.95. The molecule has 1 aliphatic rings. The number of nitrogens with one attached hydrogen (secondary N) is 1. The van der Waals surface area contributed by atoms with E-state index in [0.717, 1.165) is 31.1 Å². The molecular formula is C19H19N5O3. The Morgan fingerprint density at radius 3 is 2.70 bits per heavy atom. The van der Waals surface area contributed by atoms with Crippen LogP contribution in [-0.2, 0) is 0 Å². The van der Waals surface area contributed by atoms with E-state index < -0.39 is 4.92 Å². The van der Waals surface area contributed by atoms with E-state index in [1.165, 1.54) is 12.7 Å². The Balaban J connectivity index is 1.69. The first-order valence-electron chi connectivity index (χ1n) is 9.00. The van der Waals surface area contributed by atoms with Crippen LogP contribution < -0.4 is 10.1 Å². The molecule has 1 aliphatic carbocycles. The first-order chi connectivity index (χ1) is 13.2. The molecule has 0 atom stereocenters. The van der Waals surface area contributed by atoms with E-state index in [9.17, 15) is 10.1 Å². The van der Waals surface area contributed by atoms with E-state index in [1.807, 2.05) is 24.3 Å². The van der Waals surface area contributed by atoms with E-state index in [-0.39, 0.29) is 23.4 Å². The molecule has 0 amide bonds. The maximum atomic E-state index is 11.7. The minimum atomic E-state index is -0.501. The second-order valence-corrected chi connectivity index (χ2v) is 6.55. The number of aromatic nitrogens is 3. The molecule has 1 fully saturated rings. The van der Waals surface area contributed by atoms with Crippen LogP contribution in [-0.4, -0.2) is 25.9 Å². The summed E-state index contributed by atoms with van der Waals surface area (Å²) in [5, 5.41) is 15.8. The monoisotopic (exact) mass is 365 g/mol. The zero-order valence-electron chi connectivity index (χ0n) is 14.7. The molecule has 0 spiro atoms. The molecule has 138 valence electrons. The molecule has 2 heterocycles. The van der Waals surface area contributed by atoms with Gasteiger partial charge in [0, 0.05) is 17.6 Å². The zero-order chi connectivity index (χ0) is 18.6. The normalized spacial score (nSPS) is 14.8. The van der Waals surface area contributed by atoms with Crippen LogP contribution in [0.3, 0.4) is 0 Å². The molecule has 1 N–H and O–H groups in total. The number of benzene rings is 1. The van der Waals surface area contributed by atoms with Gasteiger partial charge in [-0.05, 0) is 25.0 Å². The van der Waals surface area contributed by atoms with Gasteiger partial charge in [-0.2, -0.15) is 4.98 Å². The van der Waals surface area contributed by atoms with Gasteiger partial charge in [0.15, 0.2) is 5.75 Å². The molecule has 2 aromatic heterocycles. The Bertz CT molecular complexity index is 967. The van der Waals surface area contributed by atoms with Crippen molar-refractivity contribution in [3.63, 3.8) is 0 Å². The summed E-state index contributed by atoms with van der Waals surface area (Å²) in [4.78, 5) is 23.7. The van der Waals surface area contributed by atoms with Gasteiger partial charge < -0.3 is 10.1 Å². The summed E-state index contributed by atoms with van der Waals surface area (Å²) >= 11 is 0. The van der Waals surface area contributed by atoms with Crippen molar-refractivity contribution in [2.45, 2.75) is 38.1 Å². The first kappa shape index (κ1) is 17.1. The minimum Gasteiger partial charge on any atom is -0.431 e. The molecule has 8 nitrogen and oxygen atoms in total. The third-order valence-corrected chi connectivity index (χ3v) is 4.72. The summed E-state index contributed by atoms with van der Waals surface area (Å²) in [6.45, 7) is 0. The van der Waals surface area contributed by atoms with Gasteiger partial charge in [0.05, 0.1) is 4.92 Å². The SMILES string of the molecule is O=[N+]([O-])c1c(NC2CCCCC2)ncnc1Oc1cccc2cccnc12. The molecule has 0 aliphatic heterocycles. The molecule has 8 heteroatoms. The fourth-order valence-corrected chi connectivity index (χ4v) is 3.41. The predicted octanol–water partition coefficient (Wildman–Crippen LogP) is 4.47. The van der Waals surface area contributed by atoms with Crippen LogP contribution in [0.1, 0.15) is 32.1 Å². The van der Waals surface area contributed by atoms with Crippen molar-refractivity contribution in [2.24, 2.45) is 0 Å². The average Bonchev–Trinajstić information content (AvgIpc) is 2.69. The summed E-state index contributed by atoms with van der Waals surface area (Å²) in [6.07, 6.45) is 8.32. The van der Waals surface area contributed by atoms with Crippen LogP contribution in [0.15, 0.2) is 42.9 Å². The van der Waals surface area contributed by atoms with Crippen molar-refractivity contribution in [3.8, 4) is 11.6 Å². The summed E-state index contributed by atoms with van der Waals surface area (Å²) in [6, 6.07) is 9.34. The lowest BCUT2D eigenvalue weighted by Gasteiger charge is -2.23. The summed E-state index contributed by atoms with van der Waals surface area (Å²) in [5.41, 5.74) is 0.366. The van der Waals surface area contributed by atoms with Gasteiger partial charge in [0.1, 0.15) is 11.8 Å². The molecule has 4 rings (SSSR count). The third-order valence-electron chi connectivity index (χ3n) is 4.72. The third kappa shape index (κ3) is 3.64. The highest BCUT2D eigenvalue weighted by molar-refractivity contribution is 5.84. The van der Waals surface area contributed by atoms with Crippen LogP contribution in [0.2, 0.25) is 0 Å². The van der Waals surface area contributed by atoms with Crippen molar-refractivity contribution in [2.75, 3.05) is 5.32 Å². The smallest absolute Gasteiger partial charge is 0.373 e. The van der Waals surface area contributed by atoms with Crippen molar-refractivity contribution in [3.05, 3.63) is 53.0 Å². The number of para-hydroxylation sites is 1. The first-order valence-corrected chi connectivity index (χ1v) is 9.00. The van der Waals surface area contributed by atoms with Crippen molar-refractivity contribution in [1.29, 1.82) is 0 Å². The highest BCUT2D eigenvalue weighted by atomic mass is 16.6. The molecule has 0 bridgehead atoms. The second kappa shape index (κ2) is 7.53. The second-order valence-electron chi connectivity index (χ2n) is 6.55. The van der Waals surface area contributed by atoms with E-state index in [0.29, 0.717) is 11.3 Å². The number of rotatable bonds is 5. The van der Waals surface area contributed by atoms with Crippen molar-refractivity contribution < 1.29 is 9.66 Å². The van der Waals surface area contributed by atoms with Crippen LogP contribution >= 0.6 is 0 Å². The van der Waals surface area contributed by atoms with E-state index in [1.54, 1.807) is 12.3 Å². The molecule has 27 heavy (non-hydrogen) atoms. The topological polar surface area (TPSA) is 103 Å². The van der Waals surface area contributed by atoms with Crippen molar-refractivity contribution in [1.82, 2.24) is 15.0 Å². The molecule has 3 aromatic rings. The highest BCUT2D eigenvalue weighted by Crippen LogP contribution is 2.37. The van der Waals surface area contributed by atoms with Crippen LogP contribution in [0.5, 0.6) is 11.6 Å². The largest absolute Gasteiger partial charge is 0.431 e. The molecular weight excluding hydrogens is 346 g/mol. The van der Waals surface area contributed by atoms with Crippen LogP contribution in [0.25, 0.3) is 10.9 Å². The Labute approximate surface area is 155 Å². The number of nitro groups is 1. The van der Waals surface area contributed by atoms with E-state index >= 15 is 0 Å².